The van der Waals surface area contributed by atoms with E-state index in [0.29, 0.717) is 18.5 Å². The van der Waals surface area contributed by atoms with Gasteiger partial charge in [0.15, 0.2) is 0 Å². The summed E-state index contributed by atoms with van der Waals surface area (Å²) in [5.41, 5.74) is 6.73. The number of anilines is 1. The summed E-state index contributed by atoms with van der Waals surface area (Å²) < 4.78 is 12.6. The van der Waals surface area contributed by atoms with Gasteiger partial charge in [0.1, 0.15) is 5.82 Å². The van der Waals surface area contributed by atoms with Gasteiger partial charge in [-0.1, -0.05) is 6.07 Å². The number of hydrogen-bond donors (Lipinski definition) is 2. The second kappa shape index (κ2) is 4.60. The molecule has 14 heavy (non-hydrogen) atoms. The number of hydrogen-bond acceptors (Lipinski definition) is 2. The molecule has 0 aliphatic carbocycles. The van der Waals surface area contributed by atoms with Gasteiger partial charge in [0.05, 0.1) is 0 Å². The van der Waals surface area contributed by atoms with Gasteiger partial charge in [-0.3, -0.25) is 4.79 Å². The molecular weight excluding hydrogens is 185 g/mol. The van der Waals surface area contributed by atoms with Crippen LogP contribution in [-0.4, -0.2) is 11.1 Å². The third-order valence-corrected chi connectivity index (χ3v) is 1.94. The molecule has 0 aliphatic rings. The molecular formula is C10H12FNO2. The Balaban J connectivity index is 2.55. The van der Waals surface area contributed by atoms with E-state index in [0.717, 1.165) is 5.56 Å². The van der Waals surface area contributed by atoms with Crippen LogP contribution < -0.4 is 5.73 Å². The van der Waals surface area contributed by atoms with Gasteiger partial charge in [0, 0.05) is 12.1 Å². The fourth-order valence-electron chi connectivity index (χ4n) is 1.22. The minimum absolute atomic E-state index is 0.108. The molecule has 0 spiro atoms. The molecule has 0 saturated carbocycles. The minimum atomic E-state index is -0.828. The minimum Gasteiger partial charge on any atom is -0.481 e. The van der Waals surface area contributed by atoms with E-state index >= 15 is 0 Å². The van der Waals surface area contributed by atoms with E-state index in [1.54, 1.807) is 6.07 Å². The van der Waals surface area contributed by atoms with Crippen LogP contribution in [0.25, 0.3) is 0 Å². The summed E-state index contributed by atoms with van der Waals surface area (Å²) in [6.45, 7) is 0. The number of rotatable bonds is 4. The van der Waals surface area contributed by atoms with Crippen molar-refractivity contribution >= 4 is 11.7 Å². The summed E-state index contributed by atoms with van der Waals surface area (Å²) in [5, 5.41) is 8.41. The number of nitrogens with two attached hydrogens (primary N) is 1. The summed E-state index contributed by atoms with van der Waals surface area (Å²) in [4.78, 5) is 10.2. The number of benzene rings is 1. The van der Waals surface area contributed by atoms with Crippen molar-refractivity contribution in [2.45, 2.75) is 19.3 Å². The number of carboxylic acids is 1. The first-order chi connectivity index (χ1) is 6.59. The average Bonchev–Trinajstić information content (AvgIpc) is 2.08. The van der Waals surface area contributed by atoms with Crippen molar-refractivity contribution in [3.05, 3.63) is 29.6 Å². The first-order valence-corrected chi connectivity index (χ1v) is 4.35. The molecule has 3 N–H and O–H groups in total. The molecule has 3 nitrogen and oxygen atoms in total. The molecule has 0 heterocycles. The first kappa shape index (κ1) is 10.5. The van der Waals surface area contributed by atoms with Crippen LogP contribution in [0.5, 0.6) is 0 Å². The van der Waals surface area contributed by atoms with Gasteiger partial charge < -0.3 is 10.8 Å². The highest BCUT2D eigenvalue weighted by Crippen LogP contribution is 2.15. The molecule has 1 rings (SSSR count). The summed E-state index contributed by atoms with van der Waals surface area (Å²) in [6.07, 6.45) is 1.19. The maximum atomic E-state index is 12.6. The second-order valence-corrected chi connectivity index (χ2v) is 3.09. The van der Waals surface area contributed by atoms with Gasteiger partial charge in [-0.15, -0.1) is 0 Å². The van der Waals surface area contributed by atoms with Crippen molar-refractivity contribution < 1.29 is 14.3 Å². The third kappa shape index (κ3) is 3.05. The van der Waals surface area contributed by atoms with E-state index in [2.05, 4.69) is 0 Å². The largest absolute Gasteiger partial charge is 0.481 e. The Kier molecular flexibility index (Phi) is 3.45. The standard InChI is InChI=1S/C10H12FNO2/c11-8-5-4-7(9(12)6-8)2-1-3-10(13)14/h4-6H,1-3,12H2,(H,13,14). The quantitative estimate of drug-likeness (QED) is 0.723. The maximum absolute atomic E-state index is 12.6. The van der Waals surface area contributed by atoms with Gasteiger partial charge in [-0.25, -0.2) is 4.39 Å². The highest BCUT2D eigenvalue weighted by atomic mass is 19.1. The topological polar surface area (TPSA) is 63.3 Å². The highest BCUT2D eigenvalue weighted by Gasteiger charge is 2.02. The zero-order chi connectivity index (χ0) is 10.6. The summed E-state index contributed by atoms with van der Waals surface area (Å²) >= 11 is 0. The molecule has 0 atom stereocenters. The highest BCUT2D eigenvalue weighted by molar-refractivity contribution is 5.66. The van der Waals surface area contributed by atoms with Crippen molar-refractivity contribution in [2.24, 2.45) is 0 Å². The number of carboxylic acid groups (broad SMARTS) is 1. The van der Waals surface area contributed by atoms with Crippen LogP contribution in [0.15, 0.2) is 18.2 Å². The van der Waals surface area contributed by atoms with Crippen molar-refractivity contribution in [3.8, 4) is 0 Å². The number of nitrogen functional groups attached to an aromatic ring is 1. The molecule has 0 fully saturated rings. The van der Waals surface area contributed by atoms with Crippen molar-refractivity contribution in [3.63, 3.8) is 0 Å². The normalized spacial score (nSPS) is 10.1. The number of carbonyl (C=O) groups is 1. The van der Waals surface area contributed by atoms with Gasteiger partial charge in [0.2, 0.25) is 0 Å². The lowest BCUT2D eigenvalue weighted by Crippen LogP contribution is -1.99. The van der Waals surface area contributed by atoms with Crippen molar-refractivity contribution in [2.75, 3.05) is 5.73 Å². The third-order valence-electron chi connectivity index (χ3n) is 1.94. The van der Waals surface area contributed by atoms with E-state index in [1.165, 1.54) is 12.1 Å². The first-order valence-electron chi connectivity index (χ1n) is 4.35. The van der Waals surface area contributed by atoms with Crippen molar-refractivity contribution in [1.82, 2.24) is 0 Å². The smallest absolute Gasteiger partial charge is 0.303 e. The molecule has 0 amide bonds. The molecule has 0 radical (unpaired) electrons. The average molecular weight is 197 g/mol. The SMILES string of the molecule is Nc1cc(F)ccc1CCCC(=O)O. The van der Waals surface area contributed by atoms with Crippen LogP contribution in [0.1, 0.15) is 18.4 Å². The van der Waals surface area contributed by atoms with Crippen LogP contribution in [-0.2, 0) is 11.2 Å². The lowest BCUT2D eigenvalue weighted by molar-refractivity contribution is -0.137. The number of aryl methyl sites for hydroxylation is 1. The molecule has 1 aromatic carbocycles. The summed E-state index contributed by atoms with van der Waals surface area (Å²) in [6, 6.07) is 4.16. The monoisotopic (exact) mass is 197 g/mol. The maximum Gasteiger partial charge on any atom is 0.303 e. The Morgan fingerprint density at radius 2 is 2.21 bits per heavy atom. The molecule has 0 aliphatic heterocycles. The molecule has 0 bridgehead atoms. The van der Waals surface area contributed by atoms with E-state index in [4.69, 9.17) is 10.8 Å². The second-order valence-electron chi connectivity index (χ2n) is 3.09. The van der Waals surface area contributed by atoms with E-state index < -0.39 is 5.97 Å². The number of aliphatic carboxylic acids is 1. The lowest BCUT2D eigenvalue weighted by Gasteiger charge is -2.03. The summed E-state index contributed by atoms with van der Waals surface area (Å²) in [7, 11) is 0. The zero-order valence-electron chi connectivity index (χ0n) is 7.66. The fraction of sp³-hybridized carbons (Fsp3) is 0.300. The molecule has 76 valence electrons. The van der Waals surface area contributed by atoms with Gasteiger partial charge >= 0.3 is 5.97 Å². The Hall–Kier alpha value is -1.58. The Morgan fingerprint density at radius 3 is 2.79 bits per heavy atom. The van der Waals surface area contributed by atoms with Crippen LogP contribution in [0, 0.1) is 5.82 Å². The van der Waals surface area contributed by atoms with Crippen LogP contribution in [0.2, 0.25) is 0 Å². The van der Waals surface area contributed by atoms with E-state index in [1.807, 2.05) is 0 Å². The van der Waals surface area contributed by atoms with Gasteiger partial charge in [0.25, 0.3) is 0 Å². The van der Waals surface area contributed by atoms with E-state index in [-0.39, 0.29) is 12.2 Å². The molecule has 4 heteroatoms. The Labute approximate surface area is 81.4 Å². The molecule has 1 aromatic rings. The van der Waals surface area contributed by atoms with Crippen LogP contribution in [0.3, 0.4) is 0 Å². The Bertz CT molecular complexity index is 339. The molecule has 0 unspecified atom stereocenters. The number of halogens is 1. The lowest BCUT2D eigenvalue weighted by atomic mass is 10.1. The Morgan fingerprint density at radius 1 is 1.50 bits per heavy atom. The molecule has 0 aromatic heterocycles. The summed E-state index contributed by atoms with van der Waals surface area (Å²) in [5.74, 6) is -1.20. The predicted octanol–water partition coefficient (Wildman–Crippen LogP) is 1.82. The van der Waals surface area contributed by atoms with Crippen molar-refractivity contribution in [1.29, 1.82) is 0 Å². The van der Waals surface area contributed by atoms with Gasteiger partial charge in [-0.2, -0.15) is 0 Å². The zero-order valence-corrected chi connectivity index (χ0v) is 7.66. The van der Waals surface area contributed by atoms with Crippen LogP contribution >= 0.6 is 0 Å². The predicted molar refractivity (Wildman–Crippen MR) is 51.4 cm³/mol. The van der Waals surface area contributed by atoms with Gasteiger partial charge in [-0.05, 0) is 30.5 Å². The van der Waals surface area contributed by atoms with E-state index in [9.17, 15) is 9.18 Å². The fourth-order valence-corrected chi connectivity index (χ4v) is 1.22. The van der Waals surface area contributed by atoms with Crippen LogP contribution in [0.4, 0.5) is 10.1 Å². The molecule has 0 saturated heterocycles.